The first kappa shape index (κ1) is 9.69. The number of primary amides is 1. The average molecular weight is 206 g/mol. The Morgan fingerprint density at radius 2 is 2.20 bits per heavy atom. The summed E-state index contributed by atoms with van der Waals surface area (Å²) in [6, 6.07) is 0. The van der Waals surface area contributed by atoms with Crippen molar-refractivity contribution < 1.29 is 4.79 Å². The van der Waals surface area contributed by atoms with Crippen molar-refractivity contribution in [2.24, 2.45) is 5.73 Å². The van der Waals surface area contributed by atoms with Crippen molar-refractivity contribution in [1.29, 1.82) is 0 Å². The second-order valence-electron chi connectivity index (χ2n) is 2.07. The highest BCUT2D eigenvalue weighted by Gasteiger charge is 1.91. The van der Waals surface area contributed by atoms with Gasteiger partial charge in [-0.25, -0.2) is 0 Å². The zero-order chi connectivity index (χ0) is 7.82. The lowest BCUT2D eigenvalue weighted by atomic mass is 10.2. The van der Waals surface area contributed by atoms with Crippen LogP contribution in [-0.4, -0.2) is 5.91 Å². The Labute approximate surface area is 69.6 Å². The van der Waals surface area contributed by atoms with Crippen molar-refractivity contribution in [3.63, 3.8) is 0 Å². The van der Waals surface area contributed by atoms with Gasteiger partial charge in [-0.1, -0.05) is 22.0 Å². The van der Waals surface area contributed by atoms with Gasteiger partial charge >= 0.3 is 0 Å². The second kappa shape index (κ2) is 6.81. The first-order valence-corrected chi connectivity index (χ1v) is 4.22. The van der Waals surface area contributed by atoms with E-state index < -0.39 is 0 Å². The second-order valence-corrected chi connectivity index (χ2v) is 2.60. The van der Waals surface area contributed by atoms with Gasteiger partial charge in [0.25, 0.3) is 0 Å². The van der Waals surface area contributed by atoms with E-state index in [2.05, 4.69) is 15.9 Å². The molecule has 0 aromatic rings. The molecule has 1 amide bonds. The van der Waals surface area contributed by atoms with Crippen LogP contribution in [0.25, 0.3) is 0 Å². The van der Waals surface area contributed by atoms with Gasteiger partial charge < -0.3 is 5.73 Å². The van der Waals surface area contributed by atoms with Crippen LogP contribution in [0.5, 0.6) is 0 Å². The summed E-state index contributed by atoms with van der Waals surface area (Å²) < 4.78 is 0. The van der Waals surface area contributed by atoms with Crippen LogP contribution in [0.3, 0.4) is 0 Å². The van der Waals surface area contributed by atoms with Gasteiger partial charge in [0, 0.05) is 6.42 Å². The number of hydrogen-bond acceptors (Lipinski definition) is 1. The Morgan fingerprint density at radius 3 is 2.70 bits per heavy atom. The van der Waals surface area contributed by atoms with Gasteiger partial charge in [-0.2, -0.15) is 0 Å². The molecule has 58 valence electrons. The van der Waals surface area contributed by atoms with E-state index in [1.54, 1.807) is 0 Å². The van der Waals surface area contributed by atoms with E-state index in [1.165, 1.54) is 0 Å². The molecule has 0 spiro atoms. The molecule has 0 aliphatic rings. The topological polar surface area (TPSA) is 43.1 Å². The molecule has 0 rings (SSSR count). The summed E-state index contributed by atoms with van der Waals surface area (Å²) in [4.78, 5) is 12.1. The van der Waals surface area contributed by atoms with Gasteiger partial charge in [0.2, 0.25) is 5.91 Å². The van der Waals surface area contributed by atoms with Crippen molar-refractivity contribution in [2.45, 2.75) is 25.7 Å². The van der Waals surface area contributed by atoms with Crippen molar-refractivity contribution in [3.05, 3.63) is 11.1 Å². The first-order valence-electron chi connectivity index (χ1n) is 3.31. The predicted octanol–water partition coefficient (Wildman–Crippen LogP) is 1.94. The lowest BCUT2D eigenvalue weighted by Gasteiger charge is -1.92. The number of carbonyl (C=O) groups excluding carboxylic acids is 1. The van der Waals surface area contributed by atoms with Crippen LogP contribution in [0.2, 0.25) is 0 Å². The highest BCUT2D eigenvalue weighted by molar-refractivity contribution is 9.11. The molecule has 0 saturated carbocycles. The maximum absolute atomic E-state index is 10.2. The summed E-state index contributed by atoms with van der Waals surface area (Å²) in [6.45, 7) is 0. The highest BCUT2D eigenvalue weighted by atomic mass is 79.9. The standard InChI is InChI=1S/C7H12BrNO/c8-6-4-2-1-3-5-7(9)10/h4,6H,1-3,5H2,(H2,9,10)/b6-4+. The largest absolute Gasteiger partial charge is 0.370 e. The number of halogens is 1. The molecule has 0 heterocycles. The number of hydrogen-bond donors (Lipinski definition) is 1. The lowest BCUT2D eigenvalue weighted by molar-refractivity contribution is -0.118. The molecule has 2 N–H and O–H groups in total. The molecule has 0 aliphatic heterocycles. The number of unbranched alkanes of at least 4 members (excludes halogenated alkanes) is 2. The third-order valence-electron chi connectivity index (χ3n) is 1.13. The SMILES string of the molecule is NC(=O)CCCC/C=C/Br. The molecule has 10 heavy (non-hydrogen) atoms. The smallest absolute Gasteiger partial charge is 0.217 e. The van der Waals surface area contributed by atoms with E-state index in [1.807, 2.05) is 11.1 Å². The fourth-order valence-electron chi connectivity index (χ4n) is 0.624. The van der Waals surface area contributed by atoms with Crippen molar-refractivity contribution in [1.82, 2.24) is 0 Å². The Kier molecular flexibility index (Phi) is 6.59. The molecule has 0 unspecified atom stereocenters. The van der Waals surface area contributed by atoms with Gasteiger partial charge in [0.15, 0.2) is 0 Å². The molecular weight excluding hydrogens is 194 g/mol. The quantitative estimate of drug-likeness (QED) is 0.686. The lowest BCUT2D eigenvalue weighted by Crippen LogP contribution is -2.09. The maximum Gasteiger partial charge on any atom is 0.217 e. The normalized spacial score (nSPS) is 10.5. The number of allylic oxidation sites excluding steroid dienone is 1. The van der Waals surface area contributed by atoms with Crippen LogP contribution in [-0.2, 0) is 4.79 Å². The Hall–Kier alpha value is -0.310. The Morgan fingerprint density at radius 1 is 1.50 bits per heavy atom. The van der Waals surface area contributed by atoms with Crippen molar-refractivity contribution >= 4 is 21.8 Å². The minimum absolute atomic E-state index is 0.206. The summed E-state index contributed by atoms with van der Waals surface area (Å²) in [5.41, 5.74) is 4.94. The van der Waals surface area contributed by atoms with Crippen LogP contribution in [0.4, 0.5) is 0 Å². The zero-order valence-electron chi connectivity index (χ0n) is 5.85. The predicted molar refractivity (Wildman–Crippen MR) is 45.7 cm³/mol. The van der Waals surface area contributed by atoms with Gasteiger partial charge in [0.1, 0.15) is 0 Å². The van der Waals surface area contributed by atoms with Gasteiger partial charge in [-0.3, -0.25) is 4.79 Å². The van der Waals surface area contributed by atoms with Gasteiger partial charge in [0.05, 0.1) is 0 Å². The zero-order valence-corrected chi connectivity index (χ0v) is 7.43. The van der Waals surface area contributed by atoms with Crippen LogP contribution in [0.1, 0.15) is 25.7 Å². The number of carbonyl (C=O) groups is 1. The fraction of sp³-hybridized carbons (Fsp3) is 0.571. The van der Waals surface area contributed by atoms with Gasteiger partial charge in [-0.05, 0) is 24.2 Å². The molecule has 0 aromatic heterocycles. The van der Waals surface area contributed by atoms with E-state index >= 15 is 0 Å². The summed E-state index contributed by atoms with van der Waals surface area (Å²) in [7, 11) is 0. The molecule has 0 aliphatic carbocycles. The monoisotopic (exact) mass is 205 g/mol. The number of nitrogens with two attached hydrogens (primary N) is 1. The molecule has 0 bridgehead atoms. The first-order chi connectivity index (χ1) is 4.77. The third-order valence-corrected chi connectivity index (χ3v) is 1.51. The molecule has 2 nitrogen and oxygen atoms in total. The summed E-state index contributed by atoms with van der Waals surface area (Å²) in [5.74, 6) is -0.206. The fourth-order valence-corrected chi connectivity index (χ4v) is 0.889. The highest BCUT2D eigenvalue weighted by Crippen LogP contribution is 2.00. The summed E-state index contributed by atoms with van der Waals surface area (Å²) in [5, 5.41) is 0. The average Bonchev–Trinajstić information content (AvgIpc) is 1.87. The molecule has 0 radical (unpaired) electrons. The minimum Gasteiger partial charge on any atom is -0.370 e. The third kappa shape index (κ3) is 7.69. The van der Waals surface area contributed by atoms with E-state index in [-0.39, 0.29) is 5.91 Å². The molecule has 3 heteroatoms. The molecule has 0 saturated heterocycles. The summed E-state index contributed by atoms with van der Waals surface area (Å²) in [6.07, 6.45) is 5.47. The summed E-state index contributed by atoms with van der Waals surface area (Å²) >= 11 is 3.16. The van der Waals surface area contributed by atoms with Crippen LogP contribution < -0.4 is 5.73 Å². The Balaban J connectivity index is 2.98. The van der Waals surface area contributed by atoms with E-state index in [9.17, 15) is 4.79 Å². The minimum atomic E-state index is -0.206. The molecule has 0 aromatic carbocycles. The van der Waals surface area contributed by atoms with E-state index in [0.717, 1.165) is 19.3 Å². The van der Waals surface area contributed by atoms with Crippen LogP contribution in [0, 0.1) is 0 Å². The molecule has 0 atom stereocenters. The number of amides is 1. The molecule has 0 fully saturated rings. The van der Waals surface area contributed by atoms with Gasteiger partial charge in [-0.15, -0.1) is 0 Å². The Bertz CT molecular complexity index is 123. The van der Waals surface area contributed by atoms with Crippen molar-refractivity contribution in [3.8, 4) is 0 Å². The van der Waals surface area contributed by atoms with Crippen LogP contribution in [0.15, 0.2) is 11.1 Å². The van der Waals surface area contributed by atoms with Crippen LogP contribution >= 0.6 is 15.9 Å². The van der Waals surface area contributed by atoms with E-state index in [4.69, 9.17) is 5.73 Å². The van der Waals surface area contributed by atoms with E-state index in [0.29, 0.717) is 6.42 Å². The number of rotatable bonds is 5. The van der Waals surface area contributed by atoms with Crippen molar-refractivity contribution in [2.75, 3.05) is 0 Å². The molecular formula is C7H12BrNO. The maximum atomic E-state index is 10.2.